The topological polar surface area (TPSA) is 0 Å². The van der Waals surface area contributed by atoms with E-state index < -0.39 is 0 Å². The van der Waals surface area contributed by atoms with Crippen LogP contribution < -0.4 is 0 Å². The van der Waals surface area contributed by atoms with Crippen LogP contribution >= 0.6 is 23.2 Å². The molecule has 0 aromatic heterocycles. The fourth-order valence-corrected chi connectivity index (χ4v) is 0.496. The highest BCUT2D eigenvalue weighted by Crippen LogP contribution is 1.80. The Balaban J connectivity index is 2.45. The molecule has 0 rings (SSSR count). The lowest BCUT2D eigenvalue weighted by Gasteiger charge is -1.84. The summed E-state index contributed by atoms with van der Waals surface area (Å²) in [7, 11) is 3.92. The second-order valence-corrected chi connectivity index (χ2v) is 1.74. The van der Waals surface area contributed by atoms with Crippen LogP contribution in [0.2, 0.25) is 6.22 Å². The highest BCUT2D eigenvalue weighted by Gasteiger charge is 1.87. The van der Waals surface area contributed by atoms with E-state index in [2.05, 4.69) is 0 Å². The lowest BCUT2D eigenvalue weighted by molar-refractivity contribution is 1.85. The van der Waals surface area contributed by atoms with Gasteiger partial charge in [0.05, 0.1) is 0 Å². The Bertz CT molecular complexity index is 30.1. The molecule has 0 heterocycles. The molecule has 0 aliphatic rings. The lowest BCUT2D eigenvalue weighted by atomic mass is 9.57. The van der Waals surface area contributed by atoms with E-state index >= 15 is 0 Å². The second-order valence-electron chi connectivity index (χ2n) is 1.12. The monoisotopic (exact) mass is 134 g/mol. The van der Waals surface area contributed by atoms with Gasteiger partial charge in [-0.25, -0.2) is 0 Å². The second kappa shape index (κ2) is 6.71. The third kappa shape index (κ3) is 6.71. The average molecular weight is 135 g/mol. The standard InChI is InChI=1S/C3H6B2Cl2/c6-2-4-1-5-3-7/h1-3H2. The van der Waals surface area contributed by atoms with Crippen LogP contribution in [0.15, 0.2) is 0 Å². The molecular weight excluding hydrogens is 129 g/mol. The van der Waals surface area contributed by atoms with Crippen molar-refractivity contribution in [1.82, 2.24) is 0 Å². The minimum Gasteiger partial charge on any atom is -0.136 e. The Morgan fingerprint density at radius 2 is 1.43 bits per heavy atom. The molecular formula is C3H6B2Cl2. The minimum atomic E-state index is 0.618. The zero-order chi connectivity index (χ0) is 5.54. The molecule has 0 bridgehead atoms. The van der Waals surface area contributed by atoms with E-state index in [0.29, 0.717) is 11.6 Å². The SMILES string of the molecule is ClC[B]C[B]CCl. The van der Waals surface area contributed by atoms with E-state index in [4.69, 9.17) is 23.2 Å². The predicted molar refractivity (Wildman–Crippen MR) is 37.8 cm³/mol. The van der Waals surface area contributed by atoms with Crippen LogP contribution in [0.4, 0.5) is 0 Å². The smallest absolute Gasteiger partial charge is 0.121 e. The van der Waals surface area contributed by atoms with Crippen LogP contribution in [-0.2, 0) is 0 Å². The van der Waals surface area contributed by atoms with Crippen molar-refractivity contribution in [2.75, 3.05) is 11.6 Å². The van der Waals surface area contributed by atoms with Gasteiger partial charge in [-0.15, -0.1) is 29.4 Å². The maximum Gasteiger partial charge on any atom is 0.121 e. The van der Waals surface area contributed by atoms with Crippen LogP contribution in [0.5, 0.6) is 0 Å². The van der Waals surface area contributed by atoms with E-state index in [1.54, 1.807) is 0 Å². The van der Waals surface area contributed by atoms with Crippen molar-refractivity contribution in [1.29, 1.82) is 0 Å². The first-order valence-electron chi connectivity index (χ1n) is 2.17. The van der Waals surface area contributed by atoms with Gasteiger partial charge in [0.25, 0.3) is 0 Å². The van der Waals surface area contributed by atoms with Gasteiger partial charge in [0.1, 0.15) is 14.6 Å². The summed E-state index contributed by atoms with van der Waals surface area (Å²) in [6.07, 6.45) is 0.924. The predicted octanol–water partition coefficient (Wildman–Crippen LogP) is 1.16. The summed E-state index contributed by atoms with van der Waals surface area (Å²) in [5.74, 6) is 1.24. The maximum absolute atomic E-state index is 5.32. The number of alkyl halides is 2. The molecule has 2 radical (unpaired) electrons. The number of hydrogen-bond donors (Lipinski definition) is 0. The highest BCUT2D eigenvalue weighted by molar-refractivity contribution is 6.65. The fraction of sp³-hybridized carbons (Fsp3) is 1.00. The first-order valence-corrected chi connectivity index (χ1v) is 3.24. The summed E-state index contributed by atoms with van der Waals surface area (Å²) in [5, 5.41) is 0. The van der Waals surface area contributed by atoms with E-state index in [0.717, 1.165) is 6.22 Å². The molecule has 0 aliphatic carbocycles. The number of halogens is 2. The average Bonchev–Trinajstić information content (AvgIpc) is 1.69. The van der Waals surface area contributed by atoms with E-state index in [1.165, 1.54) is 0 Å². The highest BCUT2D eigenvalue weighted by atomic mass is 35.5. The zero-order valence-corrected chi connectivity index (χ0v) is 5.54. The van der Waals surface area contributed by atoms with Gasteiger partial charge >= 0.3 is 0 Å². The van der Waals surface area contributed by atoms with Gasteiger partial charge in [-0.2, -0.15) is 0 Å². The van der Waals surface area contributed by atoms with Crippen molar-refractivity contribution in [2.45, 2.75) is 6.22 Å². The normalized spacial score (nSPS) is 8.29. The number of rotatable bonds is 4. The van der Waals surface area contributed by atoms with Crippen molar-refractivity contribution < 1.29 is 0 Å². The van der Waals surface area contributed by atoms with E-state index in [9.17, 15) is 0 Å². The van der Waals surface area contributed by atoms with Crippen LogP contribution in [-0.4, -0.2) is 26.1 Å². The molecule has 0 saturated carbocycles. The Morgan fingerprint density at radius 3 is 1.71 bits per heavy atom. The zero-order valence-electron chi connectivity index (χ0n) is 4.03. The molecule has 0 N–H and O–H groups in total. The molecule has 38 valence electrons. The van der Waals surface area contributed by atoms with Crippen LogP contribution in [0.25, 0.3) is 0 Å². The fourth-order valence-electron chi connectivity index (χ4n) is 0.244. The minimum absolute atomic E-state index is 0.618. The van der Waals surface area contributed by atoms with E-state index in [-0.39, 0.29) is 0 Å². The molecule has 0 aromatic rings. The van der Waals surface area contributed by atoms with Crippen LogP contribution in [0.3, 0.4) is 0 Å². The largest absolute Gasteiger partial charge is 0.136 e. The molecule has 0 aromatic carbocycles. The Labute approximate surface area is 56.1 Å². The summed E-state index contributed by atoms with van der Waals surface area (Å²) >= 11 is 10.6. The summed E-state index contributed by atoms with van der Waals surface area (Å²) in [4.78, 5) is 0. The molecule has 0 nitrogen and oxygen atoms in total. The van der Waals surface area contributed by atoms with Gasteiger partial charge in [0.2, 0.25) is 0 Å². The molecule has 0 saturated heterocycles. The lowest BCUT2D eigenvalue weighted by Crippen LogP contribution is -1.99. The third-order valence-corrected chi connectivity index (χ3v) is 0.988. The summed E-state index contributed by atoms with van der Waals surface area (Å²) in [5.41, 5.74) is 0. The van der Waals surface area contributed by atoms with Gasteiger partial charge in [-0.3, -0.25) is 0 Å². The molecule has 0 unspecified atom stereocenters. The molecule has 4 heteroatoms. The summed E-state index contributed by atoms with van der Waals surface area (Å²) in [6.45, 7) is 0. The number of hydrogen-bond acceptors (Lipinski definition) is 0. The Kier molecular flexibility index (Phi) is 7.39. The van der Waals surface area contributed by atoms with Crippen molar-refractivity contribution in [3.63, 3.8) is 0 Å². The van der Waals surface area contributed by atoms with Crippen LogP contribution in [0.1, 0.15) is 0 Å². The van der Waals surface area contributed by atoms with Crippen LogP contribution in [0, 0.1) is 0 Å². The van der Waals surface area contributed by atoms with Gasteiger partial charge in [0, 0.05) is 0 Å². The van der Waals surface area contributed by atoms with Crippen molar-refractivity contribution in [3.05, 3.63) is 0 Å². The molecule has 0 fully saturated rings. The third-order valence-electron chi connectivity index (χ3n) is 0.552. The quantitative estimate of drug-likeness (QED) is 0.308. The van der Waals surface area contributed by atoms with Crippen molar-refractivity contribution in [2.24, 2.45) is 0 Å². The first kappa shape index (κ1) is 7.71. The van der Waals surface area contributed by atoms with E-state index in [1.807, 2.05) is 14.6 Å². The summed E-state index contributed by atoms with van der Waals surface area (Å²) in [6, 6.07) is 0. The van der Waals surface area contributed by atoms with Gasteiger partial charge in [-0.05, 0) is 11.6 Å². The first-order chi connectivity index (χ1) is 3.41. The molecule has 0 spiro atoms. The molecule has 0 amide bonds. The molecule has 7 heavy (non-hydrogen) atoms. The maximum atomic E-state index is 5.32. The Hall–Kier alpha value is 0.710. The summed E-state index contributed by atoms with van der Waals surface area (Å²) < 4.78 is 0. The Morgan fingerprint density at radius 1 is 1.00 bits per heavy atom. The van der Waals surface area contributed by atoms with Gasteiger partial charge in [-0.1, -0.05) is 0 Å². The van der Waals surface area contributed by atoms with Crippen molar-refractivity contribution in [3.8, 4) is 0 Å². The molecule has 0 atom stereocenters. The van der Waals surface area contributed by atoms with Crippen molar-refractivity contribution >= 4 is 37.8 Å². The van der Waals surface area contributed by atoms with Gasteiger partial charge < -0.3 is 0 Å². The molecule has 0 aliphatic heterocycles. The van der Waals surface area contributed by atoms with Gasteiger partial charge in [0.15, 0.2) is 0 Å².